The van der Waals surface area contributed by atoms with E-state index in [1.165, 1.54) is 29.3 Å². The van der Waals surface area contributed by atoms with Gasteiger partial charge in [-0.2, -0.15) is 5.10 Å². The third-order valence-electron chi connectivity index (χ3n) is 6.13. The molecule has 4 heterocycles. The first-order valence-corrected chi connectivity index (χ1v) is 10.1. The van der Waals surface area contributed by atoms with Gasteiger partial charge in [-0.25, -0.2) is 4.98 Å². The van der Waals surface area contributed by atoms with Crippen LogP contribution in [0.2, 0.25) is 0 Å². The van der Waals surface area contributed by atoms with E-state index >= 15 is 0 Å². The molecule has 2 aromatic heterocycles. The summed E-state index contributed by atoms with van der Waals surface area (Å²) in [5.74, 6) is 1.77. The predicted molar refractivity (Wildman–Crippen MR) is 109 cm³/mol. The first-order valence-electron chi connectivity index (χ1n) is 10.1. The Kier molecular flexibility index (Phi) is 4.47. The Balaban J connectivity index is 1.44. The molecule has 0 radical (unpaired) electrons. The van der Waals surface area contributed by atoms with Crippen molar-refractivity contribution < 1.29 is 4.74 Å². The molecule has 2 N–H and O–H groups in total. The lowest BCUT2D eigenvalue weighted by Gasteiger charge is -2.29. The van der Waals surface area contributed by atoms with E-state index in [-0.39, 0.29) is 0 Å². The predicted octanol–water partition coefficient (Wildman–Crippen LogP) is 2.17. The van der Waals surface area contributed by atoms with Crippen LogP contribution in [0.1, 0.15) is 48.6 Å². The normalized spacial score (nSPS) is 23.2. The van der Waals surface area contributed by atoms with E-state index in [1.54, 1.807) is 7.11 Å². The third-order valence-corrected chi connectivity index (χ3v) is 6.13. The van der Waals surface area contributed by atoms with Crippen molar-refractivity contribution in [3.8, 4) is 5.88 Å². The molecule has 1 aliphatic carbocycles. The van der Waals surface area contributed by atoms with Crippen molar-refractivity contribution in [2.75, 3.05) is 13.7 Å². The molecule has 2 aromatic rings. The maximum atomic E-state index is 5.30. The van der Waals surface area contributed by atoms with Gasteiger partial charge in [0.2, 0.25) is 5.88 Å². The van der Waals surface area contributed by atoms with Crippen LogP contribution in [0.5, 0.6) is 5.88 Å². The van der Waals surface area contributed by atoms with Gasteiger partial charge in [0.1, 0.15) is 0 Å². The number of H-pyrrole nitrogens is 1. The minimum Gasteiger partial charge on any atom is -0.481 e. The Bertz CT molecular complexity index is 1060. The molecule has 144 valence electrons. The second-order valence-electron chi connectivity index (χ2n) is 7.69. The highest BCUT2D eigenvalue weighted by molar-refractivity contribution is 5.80. The Labute approximate surface area is 164 Å². The van der Waals surface area contributed by atoms with Crippen LogP contribution in [0.3, 0.4) is 0 Å². The lowest BCUT2D eigenvalue weighted by molar-refractivity contribution is 0.367. The van der Waals surface area contributed by atoms with E-state index in [0.29, 0.717) is 17.7 Å². The number of aromatic nitrogens is 2. The van der Waals surface area contributed by atoms with Crippen molar-refractivity contribution in [2.45, 2.75) is 38.1 Å². The lowest BCUT2D eigenvalue weighted by atomic mass is 9.77. The van der Waals surface area contributed by atoms with E-state index in [0.717, 1.165) is 42.7 Å². The Morgan fingerprint density at radius 3 is 2.82 bits per heavy atom. The van der Waals surface area contributed by atoms with Crippen LogP contribution in [0.15, 0.2) is 40.4 Å². The fraction of sp³-hybridized carbons (Fsp3) is 0.409. The van der Waals surface area contributed by atoms with Crippen molar-refractivity contribution in [1.82, 2.24) is 15.4 Å². The van der Waals surface area contributed by atoms with Gasteiger partial charge in [0.25, 0.3) is 0 Å². The fourth-order valence-corrected chi connectivity index (χ4v) is 4.67. The number of fused-ring (bicyclic) bond motifs is 3. The lowest BCUT2D eigenvalue weighted by Crippen LogP contribution is -2.31. The maximum absolute atomic E-state index is 5.30. The van der Waals surface area contributed by atoms with E-state index in [2.05, 4.69) is 38.7 Å². The van der Waals surface area contributed by atoms with Crippen LogP contribution >= 0.6 is 0 Å². The van der Waals surface area contributed by atoms with Gasteiger partial charge >= 0.3 is 0 Å². The van der Waals surface area contributed by atoms with E-state index < -0.39 is 0 Å². The molecule has 0 aromatic carbocycles. The first-order chi connectivity index (χ1) is 13.8. The van der Waals surface area contributed by atoms with Gasteiger partial charge in [-0.05, 0) is 43.2 Å². The van der Waals surface area contributed by atoms with E-state index in [9.17, 15) is 0 Å². The molecule has 1 saturated carbocycles. The van der Waals surface area contributed by atoms with Crippen LogP contribution in [0, 0.1) is 5.92 Å². The quantitative estimate of drug-likeness (QED) is 0.863. The summed E-state index contributed by atoms with van der Waals surface area (Å²) >= 11 is 0. The number of pyridine rings is 1. The molecule has 0 saturated heterocycles. The number of hydrogen-bond donors (Lipinski definition) is 2. The van der Waals surface area contributed by atoms with Crippen LogP contribution in [0.4, 0.5) is 0 Å². The fourth-order valence-electron chi connectivity index (χ4n) is 4.67. The number of hydrogen-bond acceptors (Lipinski definition) is 5. The van der Waals surface area contributed by atoms with Crippen molar-refractivity contribution in [3.05, 3.63) is 58.0 Å². The molecule has 3 aliphatic rings. The van der Waals surface area contributed by atoms with Crippen LogP contribution in [-0.2, 0) is 6.54 Å². The van der Waals surface area contributed by atoms with Crippen molar-refractivity contribution in [3.63, 3.8) is 0 Å². The average Bonchev–Trinajstić information content (AvgIpc) is 2.99. The molecular weight excluding hydrogens is 350 g/mol. The summed E-state index contributed by atoms with van der Waals surface area (Å²) in [5.41, 5.74) is 7.96. The van der Waals surface area contributed by atoms with Gasteiger partial charge < -0.3 is 15.1 Å². The van der Waals surface area contributed by atoms with Gasteiger partial charge in [-0.15, -0.1) is 0 Å². The van der Waals surface area contributed by atoms with Crippen LogP contribution < -0.4 is 20.9 Å². The number of methoxy groups -OCH3 is 1. The van der Waals surface area contributed by atoms with Gasteiger partial charge in [0.15, 0.2) is 0 Å². The topological polar surface area (TPSA) is 74.7 Å². The molecule has 5 rings (SSSR count). The van der Waals surface area contributed by atoms with Crippen molar-refractivity contribution >= 4 is 11.8 Å². The highest BCUT2D eigenvalue weighted by atomic mass is 16.5. The second-order valence-corrected chi connectivity index (χ2v) is 7.69. The van der Waals surface area contributed by atoms with E-state index in [4.69, 9.17) is 9.73 Å². The molecular formula is C22H25N5O. The number of rotatable bonds is 3. The summed E-state index contributed by atoms with van der Waals surface area (Å²) in [6.07, 6.45) is 11.0. The largest absolute Gasteiger partial charge is 0.481 e. The average molecular weight is 375 g/mol. The Morgan fingerprint density at radius 1 is 1.11 bits per heavy atom. The highest BCUT2D eigenvalue weighted by Gasteiger charge is 2.27. The summed E-state index contributed by atoms with van der Waals surface area (Å²) in [7, 11) is 1.68. The molecule has 6 heteroatoms. The Hall–Kier alpha value is -2.89. The van der Waals surface area contributed by atoms with Crippen molar-refractivity contribution in [2.24, 2.45) is 16.0 Å². The molecule has 2 aliphatic heterocycles. The van der Waals surface area contributed by atoms with E-state index in [1.807, 2.05) is 18.3 Å². The molecule has 28 heavy (non-hydrogen) atoms. The Morgan fingerprint density at radius 2 is 1.96 bits per heavy atom. The zero-order valence-corrected chi connectivity index (χ0v) is 16.1. The van der Waals surface area contributed by atoms with Crippen LogP contribution in [-0.4, -0.2) is 29.8 Å². The molecule has 0 spiro atoms. The van der Waals surface area contributed by atoms with Gasteiger partial charge in [-0.3, -0.25) is 4.99 Å². The molecule has 0 amide bonds. The molecule has 0 atom stereocenters. The molecule has 1 fully saturated rings. The maximum Gasteiger partial charge on any atom is 0.213 e. The number of nitrogens with one attached hydrogen (secondary N) is 2. The smallest absolute Gasteiger partial charge is 0.213 e. The summed E-state index contributed by atoms with van der Waals surface area (Å²) in [6.45, 7) is 1.48. The number of allylic oxidation sites excluding steroid dienone is 1. The number of ether oxygens (including phenoxy) is 1. The number of hydrazone groups is 1. The molecule has 6 nitrogen and oxygen atoms in total. The van der Waals surface area contributed by atoms with Gasteiger partial charge in [0, 0.05) is 23.2 Å². The number of nitrogens with zero attached hydrogens (tertiary/aromatic N) is 3. The standard InChI is InChI=1S/C22H25N5O/c1-28-20-6-2-5-18(26-20)15-9-7-14(8-10-15)16-4-3-11-23-21-17-12-24-25-13-19(17)27-22(16)21/h2-6,13-15,24,27H,7-12H2,1H3. The minimum atomic E-state index is 0.513. The van der Waals surface area contributed by atoms with Crippen LogP contribution in [0.25, 0.3) is 5.57 Å². The van der Waals surface area contributed by atoms with Gasteiger partial charge in [-0.1, -0.05) is 18.2 Å². The first kappa shape index (κ1) is 17.2. The zero-order chi connectivity index (χ0) is 18.9. The minimum absolute atomic E-state index is 0.513. The second kappa shape index (κ2) is 7.26. The SMILES string of the molecule is COc1cccc(C2CCC(C3=c4[nH]c5c(c4=NCC=C3)CNN=C5)CC2)n1. The molecule has 0 bridgehead atoms. The third kappa shape index (κ3) is 3.03. The number of aromatic amines is 1. The van der Waals surface area contributed by atoms with Gasteiger partial charge in [0.05, 0.1) is 42.8 Å². The summed E-state index contributed by atoms with van der Waals surface area (Å²) in [5, 5.41) is 6.50. The van der Waals surface area contributed by atoms with Crippen molar-refractivity contribution in [1.29, 1.82) is 0 Å². The summed E-state index contributed by atoms with van der Waals surface area (Å²) in [4.78, 5) is 13.1. The monoisotopic (exact) mass is 375 g/mol. The zero-order valence-electron chi connectivity index (χ0n) is 16.1. The summed E-state index contributed by atoms with van der Waals surface area (Å²) < 4.78 is 5.30. The molecule has 0 unspecified atom stereocenters. The summed E-state index contributed by atoms with van der Waals surface area (Å²) in [6, 6.07) is 6.09. The highest BCUT2D eigenvalue weighted by Crippen LogP contribution is 2.39.